The maximum absolute atomic E-state index is 11.5. The molecule has 0 aliphatic rings. The maximum atomic E-state index is 11.5. The molecular formula is C23H22N2O5. The van der Waals surface area contributed by atoms with Crippen LogP contribution in [0.4, 0.5) is 0 Å². The molecule has 2 atom stereocenters. The van der Waals surface area contributed by atoms with Crippen molar-refractivity contribution in [3.8, 4) is 17.6 Å². The van der Waals surface area contributed by atoms with Gasteiger partial charge in [0.15, 0.2) is 0 Å². The van der Waals surface area contributed by atoms with Crippen LogP contribution in [-0.2, 0) is 6.42 Å². The normalized spacial score (nSPS) is 12.6. The lowest BCUT2D eigenvalue weighted by atomic mass is 9.94. The molecule has 3 rings (SSSR count). The van der Waals surface area contributed by atoms with Gasteiger partial charge >= 0.3 is 0 Å². The minimum atomic E-state index is -0.898. The second-order valence-corrected chi connectivity index (χ2v) is 6.80. The summed E-state index contributed by atoms with van der Waals surface area (Å²) in [5.41, 5.74) is 2.65. The van der Waals surface area contributed by atoms with Gasteiger partial charge in [-0.1, -0.05) is 36.1 Å². The van der Waals surface area contributed by atoms with E-state index >= 15 is 0 Å². The molecule has 0 fully saturated rings. The number of nitrogens with one attached hydrogen (secondary N) is 1. The van der Waals surface area contributed by atoms with Crippen molar-refractivity contribution in [2.75, 3.05) is 13.2 Å². The highest BCUT2D eigenvalue weighted by molar-refractivity contribution is 5.44. The van der Waals surface area contributed by atoms with E-state index in [9.17, 15) is 20.1 Å². The number of H-pyrrole nitrogens is 1. The monoisotopic (exact) mass is 406 g/mol. The summed E-state index contributed by atoms with van der Waals surface area (Å²) in [6.07, 6.45) is 0.551. The minimum absolute atomic E-state index is 0.162. The van der Waals surface area contributed by atoms with Crippen LogP contribution in [0.25, 0.3) is 0 Å². The van der Waals surface area contributed by atoms with E-state index in [2.05, 4.69) is 21.8 Å². The fraction of sp³-hybridized carbons (Fsp3) is 0.217. The number of aliphatic hydroxyl groups is 3. The van der Waals surface area contributed by atoms with Crippen molar-refractivity contribution in [3.05, 3.63) is 93.2 Å². The van der Waals surface area contributed by atoms with Gasteiger partial charge in [0.1, 0.15) is 6.10 Å². The van der Waals surface area contributed by atoms with E-state index in [0.29, 0.717) is 5.56 Å². The highest BCUT2D eigenvalue weighted by Crippen LogP contribution is 2.22. The van der Waals surface area contributed by atoms with E-state index in [1.54, 1.807) is 24.3 Å². The summed E-state index contributed by atoms with van der Waals surface area (Å²) in [6, 6.07) is 14.3. The number of nitrogens with zero attached hydrogens (tertiary/aromatic N) is 1. The summed E-state index contributed by atoms with van der Waals surface area (Å²) in [7, 11) is 0. The molecule has 0 spiro atoms. The summed E-state index contributed by atoms with van der Waals surface area (Å²) in [4.78, 5) is 17.8. The molecule has 0 saturated carbocycles. The molecule has 0 amide bonds. The molecule has 0 radical (unpaired) electrons. The lowest BCUT2D eigenvalue weighted by Crippen LogP contribution is -2.14. The summed E-state index contributed by atoms with van der Waals surface area (Å²) in [5.74, 6) is 5.33. The maximum Gasteiger partial charge on any atom is 0.293 e. The zero-order valence-corrected chi connectivity index (χ0v) is 16.1. The molecule has 0 saturated heterocycles. The van der Waals surface area contributed by atoms with Gasteiger partial charge in [0.2, 0.25) is 5.75 Å². The summed E-state index contributed by atoms with van der Waals surface area (Å²) in [6.45, 7) is -0.492. The molecule has 7 nitrogen and oxygen atoms in total. The average molecular weight is 406 g/mol. The van der Waals surface area contributed by atoms with Crippen LogP contribution in [0.5, 0.6) is 5.75 Å². The first-order chi connectivity index (χ1) is 14.5. The first kappa shape index (κ1) is 21.3. The Morgan fingerprint density at radius 1 is 0.900 bits per heavy atom. The fourth-order valence-corrected chi connectivity index (χ4v) is 2.98. The number of hydrogen-bond donors (Lipinski definition) is 5. The zero-order valence-electron chi connectivity index (χ0n) is 16.1. The quantitative estimate of drug-likeness (QED) is 0.392. The van der Waals surface area contributed by atoms with E-state index in [1.807, 2.05) is 24.3 Å². The van der Waals surface area contributed by atoms with E-state index < -0.39 is 17.4 Å². The molecule has 1 heterocycles. The summed E-state index contributed by atoms with van der Waals surface area (Å²) >= 11 is 0. The Hall–Kier alpha value is -3.44. The van der Waals surface area contributed by atoms with Gasteiger partial charge in [-0.05, 0) is 35.4 Å². The molecule has 0 aliphatic heterocycles. The van der Waals surface area contributed by atoms with E-state index in [4.69, 9.17) is 5.11 Å². The van der Waals surface area contributed by atoms with Gasteiger partial charge in [-0.15, -0.1) is 0 Å². The van der Waals surface area contributed by atoms with Crippen molar-refractivity contribution in [1.29, 1.82) is 0 Å². The minimum Gasteiger partial charge on any atom is -0.502 e. The Kier molecular flexibility index (Phi) is 6.99. The Labute approximate surface area is 173 Å². The Bertz CT molecular complexity index is 1100. The van der Waals surface area contributed by atoms with Crippen LogP contribution in [0.15, 0.2) is 59.7 Å². The molecule has 5 N–H and O–H groups in total. The second kappa shape index (κ2) is 9.85. The van der Waals surface area contributed by atoms with Crippen LogP contribution in [0.2, 0.25) is 0 Å². The lowest BCUT2D eigenvalue weighted by molar-refractivity contribution is 0.0956. The SMILES string of the molecule is O=c1[nH]cnc(C[C@H](CO)c2ccc(C#Cc3ccc(C(O)CO)cc3)cc2)c1O. The highest BCUT2D eigenvalue weighted by atomic mass is 16.3. The van der Waals surface area contributed by atoms with Gasteiger partial charge in [-0.3, -0.25) is 4.79 Å². The highest BCUT2D eigenvalue weighted by Gasteiger charge is 2.16. The molecular weight excluding hydrogens is 384 g/mol. The fourth-order valence-electron chi connectivity index (χ4n) is 2.98. The van der Waals surface area contributed by atoms with Crippen molar-refractivity contribution in [1.82, 2.24) is 9.97 Å². The first-order valence-corrected chi connectivity index (χ1v) is 9.39. The largest absolute Gasteiger partial charge is 0.502 e. The van der Waals surface area contributed by atoms with Crippen molar-refractivity contribution >= 4 is 0 Å². The third kappa shape index (κ3) is 5.13. The van der Waals surface area contributed by atoms with Gasteiger partial charge in [-0.25, -0.2) is 4.98 Å². The molecule has 1 unspecified atom stereocenters. The van der Waals surface area contributed by atoms with Crippen molar-refractivity contribution in [3.63, 3.8) is 0 Å². The van der Waals surface area contributed by atoms with Crippen molar-refractivity contribution < 1.29 is 20.4 Å². The number of rotatable bonds is 6. The van der Waals surface area contributed by atoms with Crippen LogP contribution in [0.3, 0.4) is 0 Å². The van der Waals surface area contributed by atoms with Gasteiger partial charge in [0.25, 0.3) is 5.56 Å². The Balaban J connectivity index is 1.72. The van der Waals surface area contributed by atoms with Gasteiger partial charge < -0.3 is 25.4 Å². The molecule has 1 aromatic heterocycles. The van der Waals surface area contributed by atoms with Crippen molar-refractivity contribution in [2.45, 2.75) is 18.4 Å². The van der Waals surface area contributed by atoms with Crippen LogP contribution >= 0.6 is 0 Å². The Morgan fingerprint density at radius 2 is 1.47 bits per heavy atom. The van der Waals surface area contributed by atoms with Crippen LogP contribution in [0, 0.1) is 11.8 Å². The number of aromatic nitrogens is 2. The smallest absolute Gasteiger partial charge is 0.293 e. The van der Waals surface area contributed by atoms with Crippen LogP contribution < -0.4 is 5.56 Å². The molecule has 30 heavy (non-hydrogen) atoms. The number of hydrogen-bond acceptors (Lipinski definition) is 6. The average Bonchev–Trinajstić information content (AvgIpc) is 2.79. The Morgan fingerprint density at radius 3 is 2.00 bits per heavy atom. The zero-order chi connectivity index (χ0) is 21.5. The molecule has 3 aromatic rings. The molecule has 154 valence electrons. The molecule has 0 bridgehead atoms. The van der Waals surface area contributed by atoms with Crippen LogP contribution in [0.1, 0.15) is 40.0 Å². The third-order valence-corrected chi connectivity index (χ3v) is 4.77. The first-order valence-electron chi connectivity index (χ1n) is 9.39. The molecule has 2 aromatic carbocycles. The predicted octanol–water partition coefficient (Wildman–Crippen LogP) is 1.22. The topological polar surface area (TPSA) is 127 Å². The summed E-state index contributed by atoms with van der Waals surface area (Å²) in [5, 5.41) is 38.2. The number of benzene rings is 2. The van der Waals surface area contributed by atoms with Crippen LogP contribution in [-0.4, -0.2) is 43.6 Å². The summed E-state index contributed by atoms with van der Waals surface area (Å²) < 4.78 is 0. The van der Waals surface area contributed by atoms with E-state index in [0.717, 1.165) is 16.7 Å². The van der Waals surface area contributed by atoms with Gasteiger partial charge in [-0.2, -0.15) is 0 Å². The molecule has 7 heteroatoms. The van der Waals surface area contributed by atoms with E-state index in [1.165, 1.54) is 6.33 Å². The van der Waals surface area contributed by atoms with Crippen molar-refractivity contribution in [2.24, 2.45) is 0 Å². The second-order valence-electron chi connectivity index (χ2n) is 6.80. The standard InChI is InChI=1S/C23H22N2O5/c26-12-19(11-20-22(29)23(30)25-14-24-20)17-7-3-15(4-8-17)1-2-16-5-9-18(10-6-16)21(28)13-27/h3-10,14,19,21,26-29H,11-13H2,(H,24,25,30)/t19-,21?/m1/s1. The number of aromatic hydroxyl groups is 1. The number of aromatic amines is 1. The third-order valence-electron chi connectivity index (χ3n) is 4.77. The van der Waals surface area contributed by atoms with Gasteiger partial charge in [0.05, 0.1) is 25.2 Å². The predicted molar refractivity (Wildman–Crippen MR) is 111 cm³/mol. The number of aliphatic hydroxyl groups excluding tert-OH is 3. The lowest BCUT2D eigenvalue weighted by Gasteiger charge is -2.14. The van der Waals surface area contributed by atoms with Gasteiger partial charge in [0, 0.05) is 23.5 Å². The van der Waals surface area contributed by atoms with E-state index in [-0.39, 0.29) is 31.2 Å². The molecule has 0 aliphatic carbocycles.